The second-order valence-electron chi connectivity index (χ2n) is 8.27. The number of anilines is 1. The highest BCUT2D eigenvalue weighted by molar-refractivity contribution is 6.10. The molecule has 0 radical (unpaired) electrons. The third-order valence-corrected chi connectivity index (χ3v) is 5.79. The van der Waals surface area contributed by atoms with Crippen molar-refractivity contribution in [3.05, 3.63) is 103 Å². The van der Waals surface area contributed by atoms with Crippen LogP contribution in [-0.4, -0.2) is 39.9 Å². The van der Waals surface area contributed by atoms with E-state index >= 15 is 0 Å². The molecule has 0 aliphatic carbocycles. The Morgan fingerprint density at radius 2 is 1.41 bits per heavy atom. The predicted octanol–water partition coefficient (Wildman–Crippen LogP) is 5.80. The number of aromatic hydroxyl groups is 1. The molecule has 0 atom stereocenters. The lowest BCUT2D eigenvalue weighted by molar-refractivity contribution is 0.190. The van der Waals surface area contributed by atoms with Crippen LogP contribution in [0.15, 0.2) is 103 Å². The van der Waals surface area contributed by atoms with Crippen LogP contribution in [0.2, 0.25) is 0 Å². The van der Waals surface area contributed by atoms with Gasteiger partial charge >= 0.3 is 18.2 Å². The van der Waals surface area contributed by atoms with E-state index in [-0.39, 0.29) is 23.1 Å². The molecule has 0 fully saturated rings. The van der Waals surface area contributed by atoms with E-state index in [1.54, 1.807) is 84.9 Å². The standard InChI is InChI=1S/C29H22N4O6/c1-30-27(35)32-18-25(34)23-16-19(12-13-24(23)32)20-14-15-31-26(17-20)33(28(36)38-21-8-4-2-5-9-21)29(37)39-22-10-6-3-7-11-22/h2-18,34H,1H3,(H,30,35). The van der Waals surface area contributed by atoms with Gasteiger partial charge in [-0.1, -0.05) is 42.5 Å². The number of pyridine rings is 1. The smallest absolute Gasteiger partial charge is 0.430 e. The van der Waals surface area contributed by atoms with Gasteiger partial charge in [-0.25, -0.2) is 19.4 Å². The summed E-state index contributed by atoms with van der Waals surface area (Å²) >= 11 is 0. The third kappa shape index (κ3) is 5.25. The first-order valence-corrected chi connectivity index (χ1v) is 11.8. The fourth-order valence-corrected chi connectivity index (χ4v) is 3.93. The Morgan fingerprint density at radius 3 is 2.00 bits per heavy atom. The molecule has 0 bridgehead atoms. The van der Waals surface area contributed by atoms with E-state index in [4.69, 9.17) is 9.47 Å². The third-order valence-electron chi connectivity index (χ3n) is 5.79. The summed E-state index contributed by atoms with van der Waals surface area (Å²) in [5.74, 6) is 0.348. The quantitative estimate of drug-likeness (QED) is 0.306. The second-order valence-corrected chi connectivity index (χ2v) is 8.27. The number of benzene rings is 3. The fourth-order valence-electron chi connectivity index (χ4n) is 3.93. The number of ether oxygens (including phenoxy) is 2. The number of amides is 3. The number of imide groups is 1. The SMILES string of the molecule is CNC(=O)n1cc(O)c2cc(-c3ccnc(N(C(=O)Oc4ccccc4)C(=O)Oc4ccccc4)c3)ccc21. The zero-order valence-corrected chi connectivity index (χ0v) is 20.6. The second kappa shape index (κ2) is 10.8. The van der Waals surface area contributed by atoms with Gasteiger partial charge in [0, 0.05) is 18.6 Å². The average molecular weight is 523 g/mol. The largest absolute Gasteiger partial charge is 0.506 e. The van der Waals surface area contributed by atoms with Crippen LogP contribution in [0.1, 0.15) is 0 Å². The van der Waals surface area contributed by atoms with Crippen molar-refractivity contribution in [3.63, 3.8) is 0 Å². The summed E-state index contributed by atoms with van der Waals surface area (Å²) in [6.45, 7) is 0. The van der Waals surface area contributed by atoms with Gasteiger partial charge in [-0.15, -0.1) is 0 Å². The minimum Gasteiger partial charge on any atom is -0.506 e. The summed E-state index contributed by atoms with van der Waals surface area (Å²) in [6, 6.07) is 24.5. The molecule has 3 aromatic carbocycles. The molecule has 10 heteroatoms. The molecule has 39 heavy (non-hydrogen) atoms. The van der Waals surface area contributed by atoms with Crippen molar-refractivity contribution in [3.8, 4) is 28.4 Å². The van der Waals surface area contributed by atoms with Crippen LogP contribution in [0.5, 0.6) is 17.2 Å². The van der Waals surface area contributed by atoms with Crippen molar-refractivity contribution in [1.29, 1.82) is 0 Å². The first-order chi connectivity index (χ1) is 18.9. The maximum absolute atomic E-state index is 13.2. The molecule has 0 aliphatic heterocycles. The molecule has 194 valence electrons. The van der Waals surface area contributed by atoms with Crippen LogP contribution in [0, 0.1) is 0 Å². The van der Waals surface area contributed by atoms with Crippen molar-refractivity contribution in [2.75, 3.05) is 11.9 Å². The van der Waals surface area contributed by atoms with E-state index in [0.717, 1.165) is 0 Å². The summed E-state index contributed by atoms with van der Waals surface area (Å²) < 4.78 is 12.1. The number of fused-ring (bicyclic) bond motifs is 1. The lowest BCUT2D eigenvalue weighted by Crippen LogP contribution is -2.41. The molecule has 0 aliphatic rings. The zero-order chi connectivity index (χ0) is 27.4. The lowest BCUT2D eigenvalue weighted by Gasteiger charge is -2.19. The number of nitrogens with zero attached hydrogens (tertiary/aromatic N) is 3. The maximum Gasteiger partial charge on any atom is 0.430 e. The highest BCUT2D eigenvalue weighted by atomic mass is 16.6. The van der Waals surface area contributed by atoms with Crippen molar-refractivity contribution in [1.82, 2.24) is 14.9 Å². The van der Waals surface area contributed by atoms with Gasteiger partial charge in [-0.05, 0) is 59.7 Å². The number of rotatable bonds is 4. The molecule has 3 amide bonds. The molecule has 0 saturated heterocycles. The zero-order valence-electron chi connectivity index (χ0n) is 20.6. The highest BCUT2D eigenvalue weighted by Crippen LogP contribution is 2.32. The normalized spacial score (nSPS) is 10.6. The first-order valence-electron chi connectivity index (χ1n) is 11.8. The Bertz CT molecular complexity index is 1610. The minimum absolute atomic E-state index is 0.0402. The Labute approximate surface area is 222 Å². The Kier molecular flexibility index (Phi) is 6.91. The monoisotopic (exact) mass is 522 g/mol. The fraction of sp³-hybridized carbons (Fsp3) is 0.0345. The van der Waals surface area contributed by atoms with Gasteiger partial charge in [0.2, 0.25) is 0 Å². The average Bonchev–Trinajstić information content (AvgIpc) is 3.29. The van der Waals surface area contributed by atoms with Crippen molar-refractivity contribution in [2.45, 2.75) is 0 Å². The molecule has 10 nitrogen and oxygen atoms in total. The van der Waals surface area contributed by atoms with E-state index in [2.05, 4.69) is 10.3 Å². The van der Waals surface area contributed by atoms with Gasteiger partial charge < -0.3 is 19.9 Å². The molecule has 0 saturated carbocycles. The number of nitrogens with one attached hydrogen (secondary N) is 1. The van der Waals surface area contributed by atoms with Crippen molar-refractivity contribution < 1.29 is 29.0 Å². The maximum atomic E-state index is 13.2. The number of aromatic nitrogens is 2. The van der Waals surface area contributed by atoms with Gasteiger partial charge in [0.15, 0.2) is 0 Å². The molecular weight excluding hydrogens is 500 g/mol. The van der Waals surface area contributed by atoms with E-state index in [0.29, 0.717) is 26.9 Å². The molecule has 5 rings (SSSR count). The topological polar surface area (TPSA) is 123 Å². The molecular formula is C29H22N4O6. The van der Waals surface area contributed by atoms with Crippen LogP contribution in [0.4, 0.5) is 20.2 Å². The number of hydrogen-bond acceptors (Lipinski definition) is 7. The summed E-state index contributed by atoms with van der Waals surface area (Å²) in [7, 11) is 1.50. The van der Waals surface area contributed by atoms with Crippen LogP contribution >= 0.6 is 0 Å². The Morgan fingerprint density at radius 1 is 0.821 bits per heavy atom. The molecule has 5 aromatic rings. The van der Waals surface area contributed by atoms with Crippen LogP contribution in [0.3, 0.4) is 0 Å². The lowest BCUT2D eigenvalue weighted by atomic mass is 10.0. The molecule has 0 spiro atoms. The van der Waals surface area contributed by atoms with E-state index in [1.165, 1.54) is 30.1 Å². The Hall–Kier alpha value is -5.64. The van der Waals surface area contributed by atoms with E-state index in [9.17, 15) is 19.5 Å². The molecule has 2 heterocycles. The summed E-state index contributed by atoms with van der Waals surface area (Å²) in [5.41, 5.74) is 1.73. The number of carbonyl (C=O) groups is 3. The number of para-hydroxylation sites is 2. The van der Waals surface area contributed by atoms with Gasteiger partial charge in [-0.2, -0.15) is 4.90 Å². The van der Waals surface area contributed by atoms with Gasteiger partial charge in [0.25, 0.3) is 0 Å². The van der Waals surface area contributed by atoms with E-state index < -0.39 is 18.2 Å². The van der Waals surface area contributed by atoms with Crippen molar-refractivity contribution in [2.24, 2.45) is 0 Å². The molecule has 2 N–H and O–H groups in total. The van der Waals surface area contributed by atoms with Crippen LogP contribution in [0.25, 0.3) is 22.0 Å². The first kappa shape index (κ1) is 25.0. The summed E-state index contributed by atoms with van der Waals surface area (Å²) in [5, 5.41) is 13.4. The van der Waals surface area contributed by atoms with Crippen LogP contribution < -0.4 is 19.7 Å². The van der Waals surface area contributed by atoms with Gasteiger partial charge in [0.1, 0.15) is 23.1 Å². The number of hydrogen-bond donors (Lipinski definition) is 2. The highest BCUT2D eigenvalue weighted by Gasteiger charge is 2.29. The van der Waals surface area contributed by atoms with Crippen LogP contribution in [-0.2, 0) is 0 Å². The van der Waals surface area contributed by atoms with Crippen molar-refractivity contribution >= 4 is 34.9 Å². The predicted molar refractivity (Wildman–Crippen MR) is 144 cm³/mol. The number of carbonyl (C=O) groups excluding carboxylic acids is 3. The molecule has 2 aromatic heterocycles. The summed E-state index contributed by atoms with van der Waals surface area (Å²) in [6.07, 6.45) is 0.736. The van der Waals surface area contributed by atoms with Gasteiger partial charge in [-0.3, -0.25) is 4.57 Å². The summed E-state index contributed by atoms with van der Waals surface area (Å²) in [4.78, 5) is 43.5. The molecule has 0 unspecified atom stereocenters. The van der Waals surface area contributed by atoms with E-state index in [1.807, 2.05) is 0 Å². The van der Waals surface area contributed by atoms with Gasteiger partial charge in [0.05, 0.1) is 11.7 Å². The Balaban J connectivity index is 1.52. The minimum atomic E-state index is -1.01.